The van der Waals surface area contributed by atoms with Crippen LogP contribution in [-0.2, 0) is 9.53 Å². The van der Waals surface area contributed by atoms with Crippen molar-refractivity contribution in [1.29, 1.82) is 0 Å². The van der Waals surface area contributed by atoms with E-state index < -0.39 is 5.97 Å². The summed E-state index contributed by atoms with van der Waals surface area (Å²) in [5, 5.41) is 3.26. The highest BCUT2D eigenvalue weighted by atomic mass is 32.2. The summed E-state index contributed by atoms with van der Waals surface area (Å²) in [7, 11) is 1.32. The smallest absolute Gasteiger partial charge is 0.340 e. The van der Waals surface area contributed by atoms with Crippen LogP contribution in [0.2, 0.25) is 0 Å². The van der Waals surface area contributed by atoms with Crippen molar-refractivity contribution >= 4 is 40.0 Å². The van der Waals surface area contributed by atoms with Crippen LogP contribution in [0.15, 0.2) is 6.07 Å². The number of nitrogens with one attached hydrogen (secondary N) is 1. The van der Waals surface area contributed by atoms with Crippen LogP contribution >= 0.6 is 23.1 Å². The van der Waals surface area contributed by atoms with Crippen molar-refractivity contribution in [3.8, 4) is 0 Å². The summed E-state index contributed by atoms with van der Waals surface area (Å²) < 4.78 is 4.67. The molecule has 0 radical (unpaired) electrons. The Morgan fingerprint density at radius 3 is 2.89 bits per heavy atom. The van der Waals surface area contributed by atoms with Crippen molar-refractivity contribution < 1.29 is 14.3 Å². The van der Waals surface area contributed by atoms with Crippen LogP contribution in [0.1, 0.15) is 15.2 Å². The van der Waals surface area contributed by atoms with Gasteiger partial charge >= 0.3 is 5.97 Å². The van der Waals surface area contributed by atoms with Gasteiger partial charge in [0.25, 0.3) is 0 Å². The number of anilines is 1. The number of aryl methyl sites for hydroxylation is 1. The molecule has 1 aromatic heterocycles. The summed E-state index contributed by atoms with van der Waals surface area (Å²) in [4.78, 5) is 24.1. The number of hydrogen-bond donors (Lipinski definition) is 2. The first kappa shape index (κ1) is 15.0. The average Bonchev–Trinajstić information content (AvgIpc) is 2.69. The van der Waals surface area contributed by atoms with Crippen LogP contribution in [0.25, 0.3) is 0 Å². The van der Waals surface area contributed by atoms with Gasteiger partial charge in [-0.1, -0.05) is 0 Å². The number of hydrogen-bond acceptors (Lipinski definition) is 6. The van der Waals surface area contributed by atoms with Crippen molar-refractivity contribution in [3.63, 3.8) is 0 Å². The van der Waals surface area contributed by atoms with Gasteiger partial charge in [0.2, 0.25) is 5.91 Å². The Hall–Kier alpha value is -1.05. The van der Waals surface area contributed by atoms with E-state index in [1.54, 1.807) is 6.07 Å². The highest BCUT2D eigenvalue weighted by Crippen LogP contribution is 2.28. The van der Waals surface area contributed by atoms with Crippen LogP contribution in [0, 0.1) is 6.92 Å². The van der Waals surface area contributed by atoms with Crippen LogP contribution in [-0.4, -0.2) is 37.0 Å². The summed E-state index contributed by atoms with van der Waals surface area (Å²) in [5.41, 5.74) is 5.74. The lowest BCUT2D eigenvalue weighted by Gasteiger charge is -2.04. The molecule has 0 aliphatic heterocycles. The third kappa shape index (κ3) is 4.32. The van der Waals surface area contributed by atoms with E-state index in [0.29, 0.717) is 22.9 Å². The normalized spacial score (nSPS) is 10.2. The van der Waals surface area contributed by atoms with Crippen molar-refractivity contribution in [2.45, 2.75) is 6.92 Å². The molecular weight excluding hydrogens is 272 g/mol. The fourth-order valence-corrected chi connectivity index (χ4v) is 2.76. The van der Waals surface area contributed by atoms with Crippen molar-refractivity contribution in [2.75, 3.05) is 30.5 Å². The van der Waals surface area contributed by atoms with Gasteiger partial charge in [0.15, 0.2) is 0 Å². The largest absolute Gasteiger partial charge is 0.465 e. The molecule has 1 aromatic rings. The molecule has 0 aliphatic rings. The highest BCUT2D eigenvalue weighted by molar-refractivity contribution is 7.99. The van der Waals surface area contributed by atoms with E-state index in [1.807, 2.05) is 6.92 Å². The van der Waals surface area contributed by atoms with Crippen molar-refractivity contribution in [3.05, 3.63) is 16.5 Å². The first-order valence-corrected chi connectivity index (χ1v) is 7.32. The third-order valence-corrected chi connectivity index (χ3v) is 3.97. The minimum Gasteiger partial charge on any atom is -0.465 e. The Balaban J connectivity index is 2.66. The topological polar surface area (TPSA) is 81.4 Å². The molecular formula is C11H16N2O3S2. The lowest BCUT2D eigenvalue weighted by molar-refractivity contribution is -0.113. The fraction of sp³-hybridized carbons (Fsp3) is 0.455. The standard InChI is InChI=1S/C11H16N2O3S2/c1-7-5-8(11(15)16-2)10(18-7)13-9(14)6-17-4-3-12/h5H,3-4,6,12H2,1-2H3,(H,13,14). The summed E-state index contributed by atoms with van der Waals surface area (Å²) >= 11 is 2.82. The molecule has 1 heterocycles. The van der Waals surface area contributed by atoms with E-state index in [2.05, 4.69) is 10.1 Å². The highest BCUT2D eigenvalue weighted by Gasteiger charge is 2.17. The Kier molecular flexibility index (Phi) is 6.17. The minimum atomic E-state index is -0.440. The number of nitrogens with two attached hydrogens (primary N) is 1. The van der Waals surface area contributed by atoms with Crippen molar-refractivity contribution in [1.82, 2.24) is 0 Å². The molecule has 0 saturated heterocycles. The van der Waals surface area contributed by atoms with Gasteiger partial charge in [0.1, 0.15) is 5.00 Å². The van der Waals surface area contributed by atoms with Crippen LogP contribution in [0.5, 0.6) is 0 Å². The maximum Gasteiger partial charge on any atom is 0.340 e. The first-order chi connectivity index (χ1) is 8.58. The van der Waals surface area contributed by atoms with Gasteiger partial charge in [0, 0.05) is 17.2 Å². The number of methoxy groups -OCH3 is 1. The van der Waals surface area contributed by atoms with Gasteiger partial charge in [-0.2, -0.15) is 11.8 Å². The molecule has 0 saturated carbocycles. The third-order valence-electron chi connectivity index (χ3n) is 2.01. The predicted octanol–water partition coefficient (Wildman–Crippen LogP) is 1.47. The SMILES string of the molecule is COC(=O)c1cc(C)sc1NC(=O)CSCCN. The minimum absolute atomic E-state index is 0.138. The average molecular weight is 288 g/mol. The number of thioether (sulfide) groups is 1. The second kappa shape index (κ2) is 7.40. The molecule has 0 atom stereocenters. The number of carbonyl (C=O) groups is 2. The number of thiophene rings is 1. The molecule has 1 amide bonds. The maximum atomic E-state index is 11.6. The number of amides is 1. The second-order valence-corrected chi connectivity index (χ2v) is 5.84. The van der Waals surface area contributed by atoms with E-state index in [9.17, 15) is 9.59 Å². The Morgan fingerprint density at radius 1 is 1.56 bits per heavy atom. The lowest BCUT2D eigenvalue weighted by atomic mass is 10.3. The molecule has 3 N–H and O–H groups in total. The number of ether oxygens (including phenoxy) is 1. The Bertz CT molecular complexity index is 432. The Labute approximate surface area is 114 Å². The number of esters is 1. The fourth-order valence-electron chi connectivity index (χ4n) is 1.28. The molecule has 7 heteroatoms. The van der Waals surface area contributed by atoms with Gasteiger partial charge in [-0.15, -0.1) is 11.3 Å². The molecule has 18 heavy (non-hydrogen) atoms. The molecule has 1 rings (SSSR count). The maximum absolute atomic E-state index is 11.6. The molecule has 100 valence electrons. The number of carbonyl (C=O) groups excluding carboxylic acids is 2. The molecule has 0 aromatic carbocycles. The molecule has 0 spiro atoms. The van der Waals surface area contributed by atoms with Gasteiger partial charge in [-0.25, -0.2) is 4.79 Å². The zero-order valence-corrected chi connectivity index (χ0v) is 12.0. The summed E-state index contributed by atoms with van der Waals surface area (Å²) in [6.45, 7) is 2.42. The lowest BCUT2D eigenvalue weighted by Crippen LogP contribution is -2.16. The summed E-state index contributed by atoms with van der Waals surface area (Å²) in [6.07, 6.45) is 0. The van der Waals surface area contributed by atoms with Crippen LogP contribution in [0.3, 0.4) is 0 Å². The molecule has 0 fully saturated rings. The Morgan fingerprint density at radius 2 is 2.28 bits per heavy atom. The predicted molar refractivity (Wildman–Crippen MR) is 75.4 cm³/mol. The second-order valence-electron chi connectivity index (χ2n) is 3.48. The van der Waals surface area contributed by atoms with E-state index in [0.717, 1.165) is 10.6 Å². The monoisotopic (exact) mass is 288 g/mol. The van der Waals surface area contributed by atoms with E-state index >= 15 is 0 Å². The van der Waals surface area contributed by atoms with E-state index in [-0.39, 0.29) is 5.91 Å². The van der Waals surface area contributed by atoms with Gasteiger partial charge in [0.05, 0.1) is 18.4 Å². The zero-order valence-electron chi connectivity index (χ0n) is 10.3. The molecule has 0 bridgehead atoms. The van der Waals surface area contributed by atoms with Gasteiger partial charge in [-0.3, -0.25) is 4.79 Å². The first-order valence-electron chi connectivity index (χ1n) is 5.35. The quantitative estimate of drug-likeness (QED) is 0.612. The molecule has 0 aliphatic carbocycles. The summed E-state index contributed by atoms with van der Waals surface area (Å²) in [6, 6.07) is 1.71. The van der Waals surface area contributed by atoms with Gasteiger partial charge < -0.3 is 15.8 Å². The molecule has 0 unspecified atom stereocenters. The number of rotatable bonds is 6. The zero-order chi connectivity index (χ0) is 13.5. The van der Waals surface area contributed by atoms with E-state index in [4.69, 9.17) is 5.73 Å². The van der Waals surface area contributed by atoms with Gasteiger partial charge in [-0.05, 0) is 13.0 Å². The van der Waals surface area contributed by atoms with E-state index in [1.165, 1.54) is 30.2 Å². The van der Waals surface area contributed by atoms with Crippen LogP contribution in [0.4, 0.5) is 5.00 Å². The molecule has 5 nitrogen and oxygen atoms in total. The summed E-state index contributed by atoms with van der Waals surface area (Å²) in [5.74, 6) is 0.486. The van der Waals surface area contributed by atoms with Crippen molar-refractivity contribution in [2.24, 2.45) is 5.73 Å². The van der Waals surface area contributed by atoms with Crippen LogP contribution < -0.4 is 11.1 Å².